The molecule has 1 aliphatic heterocycles. The first-order chi connectivity index (χ1) is 17.9. The standard InChI is InChI=1S/C31H38ClN3O2/c1-2-33-29(36)34-24-30(25-10-5-3-6-11-25,26-12-7-4-8-13-26)18-9-21-35-22-19-31(37,20-23-35)27-14-16-28(32)17-15-27/h3-8,10-17,37H,2,9,18-24H2,1H3,(H2,33,34,36). The van der Waals surface area contributed by atoms with Crippen LogP contribution in [-0.4, -0.2) is 48.8 Å². The summed E-state index contributed by atoms with van der Waals surface area (Å²) in [6, 6.07) is 28.4. The maximum atomic E-state index is 12.4. The lowest BCUT2D eigenvalue weighted by atomic mass is 9.71. The Kier molecular flexibility index (Phi) is 9.25. The van der Waals surface area contributed by atoms with Gasteiger partial charge in [-0.25, -0.2) is 4.79 Å². The predicted molar refractivity (Wildman–Crippen MR) is 151 cm³/mol. The van der Waals surface area contributed by atoms with Gasteiger partial charge in [-0.3, -0.25) is 0 Å². The number of piperidine rings is 1. The van der Waals surface area contributed by atoms with Crippen LogP contribution in [0.4, 0.5) is 4.79 Å². The maximum absolute atomic E-state index is 12.4. The van der Waals surface area contributed by atoms with Gasteiger partial charge < -0.3 is 20.6 Å². The summed E-state index contributed by atoms with van der Waals surface area (Å²) in [6.45, 7) is 5.67. The second-order valence-corrected chi connectivity index (χ2v) is 10.4. The van der Waals surface area contributed by atoms with Gasteiger partial charge in [0.25, 0.3) is 0 Å². The minimum atomic E-state index is -0.796. The van der Waals surface area contributed by atoms with Gasteiger partial charge >= 0.3 is 6.03 Å². The second kappa shape index (κ2) is 12.6. The zero-order chi connectivity index (χ0) is 26.1. The lowest BCUT2D eigenvalue weighted by Gasteiger charge is -2.40. The molecule has 196 valence electrons. The number of benzene rings is 3. The molecule has 1 fully saturated rings. The molecule has 0 unspecified atom stereocenters. The molecule has 37 heavy (non-hydrogen) atoms. The molecule has 1 heterocycles. The number of likely N-dealkylation sites (tertiary alicyclic amines) is 1. The average molecular weight is 520 g/mol. The van der Waals surface area contributed by atoms with Crippen molar-refractivity contribution in [3.63, 3.8) is 0 Å². The molecule has 0 aromatic heterocycles. The van der Waals surface area contributed by atoms with E-state index in [1.807, 2.05) is 43.3 Å². The van der Waals surface area contributed by atoms with E-state index in [-0.39, 0.29) is 11.4 Å². The molecule has 0 bridgehead atoms. The molecule has 0 atom stereocenters. The Morgan fingerprint density at radius 3 is 2.03 bits per heavy atom. The molecule has 0 aliphatic carbocycles. The normalized spacial score (nSPS) is 15.8. The summed E-state index contributed by atoms with van der Waals surface area (Å²) in [5, 5.41) is 17.9. The number of carbonyl (C=O) groups excluding carboxylic acids is 1. The Hall–Kier alpha value is -2.86. The third-order valence-corrected chi connectivity index (χ3v) is 7.94. The highest BCUT2D eigenvalue weighted by molar-refractivity contribution is 6.30. The maximum Gasteiger partial charge on any atom is 0.314 e. The molecule has 3 N–H and O–H groups in total. The van der Waals surface area contributed by atoms with Crippen LogP contribution in [0.2, 0.25) is 5.02 Å². The Labute approximate surface area is 225 Å². The number of nitrogens with one attached hydrogen (secondary N) is 2. The van der Waals surface area contributed by atoms with Crippen molar-refractivity contribution in [2.75, 3.05) is 32.7 Å². The van der Waals surface area contributed by atoms with Gasteiger partial charge in [-0.1, -0.05) is 84.4 Å². The van der Waals surface area contributed by atoms with Gasteiger partial charge in [0.1, 0.15) is 0 Å². The average Bonchev–Trinajstić information content (AvgIpc) is 2.93. The van der Waals surface area contributed by atoms with Gasteiger partial charge in [-0.15, -0.1) is 0 Å². The third-order valence-electron chi connectivity index (χ3n) is 7.68. The molecular formula is C31H38ClN3O2. The van der Waals surface area contributed by atoms with Gasteiger partial charge in [0.2, 0.25) is 0 Å². The van der Waals surface area contributed by atoms with Crippen molar-refractivity contribution in [2.45, 2.75) is 43.6 Å². The van der Waals surface area contributed by atoms with Crippen molar-refractivity contribution in [3.05, 3.63) is 107 Å². The highest BCUT2D eigenvalue weighted by Crippen LogP contribution is 2.37. The Bertz CT molecular complexity index is 1070. The van der Waals surface area contributed by atoms with Crippen LogP contribution in [0.1, 0.15) is 49.3 Å². The summed E-state index contributed by atoms with van der Waals surface area (Å²) in [4.78, 5) is 14.9. The smallest absolute Gasteiger partial charge is 0.314 e. The predicted octanol–water partition coefficient (Wildman–Crippen LogP) is 5.71. The Morgan fingerprint density at radius 1 is 0.919 bits per heavy atom. The van der Waals surface area contributed by atoms with E-state index in [9.17, 15) is 9.90 Å². The van der Waals surface area contributed by atoms with Gasteiger partial charge in [0.15, 0.2) is 0 Å². The van der Waals surface area contributed by atoms with E-state index in [1.54, 1.807) is 0 Å². The molecule has 6 heteroatoms. The first-order valence-corrected chi connectivity index (χ1v) is 13.7. The third kappa shape index (κ3) is 6.72. The monoisotopic (exact) mass is 519 g/mol. The van der Waals surface area contributed by atoms with Crippen molar-refractivity contribution in [2.24, 2.45) is 0 Å². The number of halogens is 1. The minimum absolute atomic E-state index is 0.142. The largest absolute Gasteiger partial charge is 0.385 e. The number of aliphatic hydroxyl groups is 1. The Balaban J connectivity index is 1.46. The fourth-order valence-corrected chi connectivity index (χ4v) is 5.64. The van der Waals surface area contributed by atoms with E-state index in [1.165, 1.54) is 11.1 Å². The topological polar surface area (TPSA) is 64.6 Å². The number of hydrogen-bond acceptors (Lipinski definition) is 3. The van der Waals surface area contributed by atoms with Crippen molar-refractivity contribution in [1.29, 1.82) is 0 Å². The van der Waals surface area contributed by atoms with Gasteiger partial charge in [-0.05, 0) is 68.0 Å². The zero-order valence-electron chi connectivity index (χ0n) is 21.6. The van der Waals surface area contributed by atoms with Crippen LogP contribution < -0.4 is 10.6 Å². The van der Waals surface area contributed by atoms with E-state index in [0.29, 0.717) is 31.0 Å². The van der Waals surface area contributed by atoms with Crippen molar-refractivity contribution < 1.29 is 9.90 Å². The van der Waals surface area contributed by atoms with Crippen molar-refractivity contribution in [1.82, 2.24) is 15.5 Å². The zero-order valence-corrected chi connectivity index (χ0v) is 22.4. The van der Waals surface area contributed by atoms with E-state index >= 15 is 0 Å². The van der Waals surface area contributed by atoms with Gasteiger partial charge in [0, 0.05) is 36.6 Å². The molecule has 0 spiro atoms. The molecule has 1 saturated heterocycles. The number of carbonyl (C=O) groups is 1. The molecule has 0 radical (unpaired) electrons. The summed E-state index contributed by atoms with van der Waals surface area (Å²) in [6.07, 6.45) is 3.28. The highest BCUT2D eigenvalue weighted by Gasteiger charge is 2.36. The molecule has 5 nitrogen and oxygen atoms in total. The lowest BCUT2D eigenvalue weighted by molar-refractivity contribution is -0.0262. The van der Waals surface area contributed by atoms with Crippen LogP contribution in [0.15, 0.2) is 84.9 Å². The van der Waals surface area contributed by atoms with E-state index in [4.69, 9.17) is 11.6 Å². The number of nitrogens with zero attached hydrogens (tertiary/aromatic N) is 1. The first kappa shape index (κ1) is 27.2. The fraction of sp³-hybridized carbons (Fsp3) is 0.387. The van der Waals surface area contributed by atoms with Crippen LogP contribution in [-0.2, 0) is 11.0 Å². The molecule has 3 aromatic carbocycles. The number of urea groups is 1. The van der Waals surface area contributed by atoms with Gasteiger partial charge in [0.05, 0.1) is 5.60 Å². The molecule has 4 rings (SSSR count). The van der Waals surface area contributed by atoms with Crippen LogP contribution in [0.5, 0.6) is 0 Å². The van der Waals surface area contributed by atoms with E-state index in [2.05, 4.69) is 64.1 Å². The Morgan fingerprint density at radius 2 is 1.49 bits per heavy atom. The lowest BCUT2D eigenvalue weighted by Crippen LogP contribution is -2.46. The van der Waals surface area contributed by atoms with Crippen LogP contribution in [0.3, 0.4) is 0 Å². The minimum Gasteiger partial charge on any atom is -0.385 e. The molecule has 3 aromatic rings. The van der Waals surface area contributed by atoms with Crippen molar-refractivity contribution in [3.8, 4) is 0 Å². The van der Waals surface area contributed by atoms with Crippen LogP contribution >= 0.6 is 11.6 Å². The first-order valence-electron chi connectivity index (χ1n) is 13.3. The molecule has 1 aliphatic rings. The summed E-state index contributed by atoms with van der Waals surface area (Å²) >= 11 is 6.04. The van der Waals surface area contributed by atoms with Crippen LogP contribution in [0.25, 0.3) is 0 Å². The summed E-state index contributed by atoms with van der Waals surface area (Å²) in [5.41, 5.74) is 2.21. The highest BCUT2D eigenvalue weighted by atomic mass is 35.5. The number of amides is 2. The van der Waals surface area contributed by atoms with Crippen molar-refractivity contribution >= 4 is 17.6 Å². The second-order valence-electron chi connectivity index (χ2n) is 10.0. The van der Waals surface area contributed by atoms with Crippen LogP contribution in [0, 0.1) is 0 Å². The van der Waals surface area contributed by atoms with E-state index < -0.39 is 5.60 Å². The quantitative estimate of drug-likeness (QED) is 0.321. The summed E-state index contributed by atoms with van der Waals surface area (Å²) < 4.78 is 0. The SMILES string of the molecule is CCNC(=O)NCC(CCCN1CCC(O)(c2ccc(Cl)cc2)CC1)(c1ccccc1)c1ccccc1. The molecule has 0 saturated carbocycles. The molecule has 2 amide bonds. The van der Waals surface area contributed by atoms with Gasteiger partial charge in [-0.2, -0.15) is 0 Å². The fourth-order valence-electron chi connectivity index (χ4n) is 5.52. The summed E-state index contributed by atoms with van der Waals surface area (Å²) in [5.74, 6) is 0. The van der Waals surface area contributed by atoms with E-state index in [0.717, 1.165) is 38.0 Å². The molecular weight excluding hydrogens is 482 g/mol. The number of hydrogen-bond donors (Lipinski definition) is 3. The number of rotatable bonds is 10. The summed E-state index contributed by atoms with van der Waals surface area (Å²) in [7, 11) is 0.